The largest absolute Gasteiger partial charge is 0.307 e. The fraction of sp³-hybridized carbons (Fsp3) is 0.188. The predicted octanol–water partition coefficient (Wildman–Crippen LogP) is 3.12. The maximum Gasteiger partial charge on any atom is 0.241 e. The number of nitrogens with one attached hydrogen (secondary N) is 1. The molecule has 21 heavy (non-hydrogen) atoms. The Morgan fingerprint density at radius 2 is 2.00 bits per heavy atom. The summed E-state index contributed by atoms with van der Waals surface area (Å²) in [5, 5.41) is 3.19. The van der Waals surface area contributed by atoms with Gasteiger partial charge in [-0.3, -0.25) is 4.79 Å². The molecule has 1 amide bonds. The van der Waals surface area contributed by atoms with Gasteiger partial charge in [-0.05, 0) is 29.3 Å². The number of halogens is 2. The monoisotopic (exact) mass is 304 g/mol. The van der Waals surface area contributed by atoms with Crippen molar-refractivity contribution in [3.05, 3.63) is 64.4 Å². The molecule has 0 fully saturated rings. The van der Waals surface area contributed by atoms with E-state index in [0.29, 0.717) is 18.7 Å². The van der Waals surface area contributed by atoms with Crippen molar-refractivity contribution in [3.8, 4) is 0 Å². The molecule has 0 bridgehead atoms. The molecule has 1 aliphatic heterocycles. The van der Waals surface area contributed by atoms with E-state index >= 15 is 0 Å². The van der Waals surface area contributed by atoms with E-state index in [1.165, 1.54) is 12.1 Å². The van der Waals surface area contributed by atoms with Crippen molar-refractivity contribution in [3.63, 3.8) is 0 Å². The molecular weight excluding hydrogens is 291 g/mol. The summed E-state index contributed by atoms with van der Waals surface area (Å²) in [7, 11) is 0. The molecule has 1 N–H and O–H groups in total. The van der Waals surface area contributed by atoms with Gasteiger partial charge in [-0.1, -0.05) is 35.9 Å². The average Bonchev–Trinajstić information content (AvgIpc) is 2.63. The Bertz CT molecular complexity index is 690. The lowest BCUT2D eigenvalue weighted by atomic mass is 10.1. The van der Waals surface area contributed by atoms with Crippen molar-refractivity contribution in [2.75, 3.05) is 11.4 Å². The van der Waals surface area contributed by atoms with Gasteiger partial charge in [-0.2, -0.15) is 0 Å². The summed E-state index contributed by atoms with van der Waals surface area (Å²) in [6, 6.07) is 12.3. The van der Waals surface area contributed by atoms with Gasteiger partial charge in [0.2, 0.25) is 5.91 Å². The van der Waals surface area contributed by atoms with Crippen molar-refractivity contribution in [1.29, 1.82) is 0 Å². The van der Waals surface area contributed by atoms with Gasteiger partial charge in [-0.25, -0.2) is 4.39 Å². The minimum Gasteiger partial charge on any atom is -0.307 e. The van der Waals surface area contributed by atoms with Crippen LogP contribution in [0.25, 0.3) is 0 Å². The molecule has 0 saturated heterocycles. The van der Waals surface area contributed by atoms with Crippen LogP contribution in [0.5, 0.6) is 0 Å². The minimum atomic E-state index is -0.470. The van der Waals surface area contributed by atoms with E-state index in [4.69, 9.17) is 11.6 Å². The van der Waals surface area contributed by atoms with Crippen molar-refractivity contribution in [2.45, 2.75) is 13.1 Å². The normalized spacial score (nSPS) is 14.8. The first-order valence-electron chi connectivity index (χ1n) is 6.68. The van der Waals surface area contributed by atoms with Crippen molar-refractivity contribution in [2.24, 2.45) is 0 Å². The molecule has 5 heteroatoms. The zero-order chi connectivity index (χ0) is 14.8. The first kappa shape index (κ1) is 14.0. The Kier molecular flexibility index (Phi) is 3.90. The number of hydrogen-bond acceptors (Lipinski definition) is 2. The third-order valence-electron chi connectivity index (χ3n) is 3.50. The van der Waals surface area contributed by atoms with E-state index in [1.807, 2.05) is 24.3 Å². The van der Waals surface area contributed by atoms with Crippen LogP contribution in [0.3, 0.4) is 0 Å². The van der Waals surface area contributed by atoms with Crippen LogP contribution in [-0.4, -0.2) is 12.5 Å². The second-order valence-electron chi connectivity index (χ2n) is 4.96. The maximum absolute atomic E-state index is 13.6. The zero-order valence-corrected chi connectivity index (χ0v) is 12.0. The molecule has 0 unspecified atom stereocenters. The molecule has 0 aliphatic carbocycles. The molecule has 0 aromatic heterocycles. The highest BCUT2D eigenvalue weighted by Gasteiger charge is 2.21. The number of anilines is 1. The molecule has 0 spiro atoms. The molecule has 0 radical (unpaired) electrons. The van der Waals surface area contributed by atoms with Crippen LogP contribution in [0.1, 0.15) is 11.1 Å². The molecule has 1 aliphatic rings. The van der Waals surface area contributed by atoms with Gasteiger partial charge >= 0.3 is 0 Å². The van der Waals surface area contributed by atoms with Crippen molar-refractivity contribution < 1.29 is 9.18 Å². The topological polar surface area (TPSA) is 32.3 Å². The molecule has 1 heterocycles. The van der Waals surface area contributed by atoms with Crippen LogP contribution in [0.2, 0.25) is 5.02 Å². The average molecular weight is 305 g/mol. The Morgan fingerprint density at radius 1 is 1.19 bits per heavy atom. The number of benzene rings is 2. The molecule has 2 aromatic rings. The molecule has 0 saturated carbocycles. The highest BCUT2D eigenvalue weighted by atomic mass is 35.5. The van der Waals surface area contributed by atoms with Gasteiger partial charge in [0.05, 0.1) is 18.1 Å². The summed E-state index contributed by atoms with van der Waals surface area (Å²) >= 11 is 5.69. The molecule has 3 rings (SSSR count). The van der Waals surface area contributed by atoms with Gasteiger partial charge in [0.1, 0.15) is 5.82 Å². The summed E-state index contributed by atoms with van der Waals surface area (Å²) in [6.07, 6.45) is 0. The Hall–Kier alpha value is -1.91. The summed E-state index contributed by atoms with van der Waals surface area (Å²) in [4.78, 5) is 14.0. The number of carbonyl (C=O) groups is 1. The molecule has 2 aromatic carbocycles. The second-order valence-corrected chi connectivity index (χ2v) is 5.37. The van der Waals surface area contributed by atoms with Gasteiger partial charge < -0.3 is 10.2 Å². The van der Waals surface area contributed by atoms with Crippen molar-refractivity contribution >= 4 is 23.2 Å². The Labute approximate surface area is 127 Å². The number of hydrogen-bond donors (Lipinski definition) is 1. The van der Waals surface area contributed by atoms with Gasteiger partial charge in [0.25, 0.3) is 0 Å². The summed E-state index contributed by atoms with van der Waals surface area (Å²) < 4.78 is 13.6. The summed E-state index contributed by atoms with van der Waals surface area (Å²) in [5.41, 5.74) is 2.63. The van der Waals surface area contributed by atoms with E-state index < -0.39 is 5.82 Å². The van der Waals surface area contributed by atoms with Crippen LogP contribution in [0, 0.1) is 5.82 Å². The Balaban J connectivity index is 1.95. The van der Waals surface area contributed by atoms with Crippen LogP contribution >= 0.6 is 11.6 Å². The van der Waals surface area contributed by atoms with Crippen LogP contribution < -0.4 is 10.2 Å². The van der Waals surface area contributed by atoms with Gasteiger partial charge in [0.15, 0.2) is 0 Å². The van der Waals surface area contributed by atoms with Crippen LogP contribution in [0.4, 0.5) is 10.1 Å². The number of para-hydroxylation sites is 1. The molecule has 3 nitrogen and oxygen atoms in total. The lowest BCUT2D eigenvalue weighted by molar-refractivity contribution is -0.117. The number of rotatable bonds is 2. The first-order valence-corrected chi connectivity index (χ1v) is 7.06. The smallest absolute Gasteiger partial charge is 0.241 e. The zero-order valence-electron chi connectivity index (χ0n) is 11.3. The van der Waals surface area contributed by atoms with E-state index in [2.05, 4.69) is 5.32 Å². The third kappa shape index (κ3) is 2.91. The van der Waals surface area contributed by atoms with E-state index in [0.717, 1.165) is 11.3 Å². The molecule has 108 valence electrons. The lowest BCUT2D eigenvalue weighted by Gasteiger charge is -2.23. The lowest BCUT2D eigenvalue weighted by Crippen LogP contribution is -2.35. The quantitative estimate of drug-likeness (QED) is 0.924. The standard InChI is InChI=1S/C16H14ClFN2O/c17-13-6-5-11(7-14(13)18)10-20-15-4-2-1-3-12(15)8-19-9-16(20)21/h1-7,19H,8-10H2. The fourth-order valence-corrected chi connectivity index (χ4v) is 2.57. The summed E-state index contributed by atoms with van der Waals surface area (Å²) in [6.45, 7) is 1.24. The van der Waals surface area contributed by atoms with Crippen molar-refractivity contribution in [1.82, 2.24) is 5.32 Å². The van der Waals surface area contributed by atoms with E-state index in [1.54, 1.807) is 11.0 Å². The van der Waals surface area contributed by atoms with Crippen LogP contribution in [-0.2, 0) is 17.9 Å². The fourth-order valence-electron chi connectivity index (χ4n) is 2.45. The van der Waals surface area contributed by atoms with Gasteiger partial charge in [0, 0.05) is 12.2 Å². The summed E-state index contributed by atoms with van der Waals surface area (Å²) in [5.74, 6) is -0.502. The first-order chi connectivity index (χ1) is 10.1. The number of carbonyl (C=O) groups excluding carboxylic acids is 1. The highest BCUT2D eigenvalue weighted by molar-refractivity contribution is 6.30. The molecular formula is C16H14ClFN2O. The highest BCUT2D eigenvalue weighted by Crippen LogP contribution is 2.25. The van der Waals surface area contributed by atoms with E-state index in [-0.39, 0.29) is 17.5 Å². The minimum absolute atomic E-state index is 0.0321. The maximum atomic E-state index is 13.6. The molecule has 0 atom stereocenters. The van der Waals surface area contributed by atoms with Crippen LogP contribution in [0.15, 0.2) is 42.5 Å². The number of fused-ring (bicyclic) bond motifs is 1. The predicted molar refractivity (Wildman–Crippen MR) is 80.7 cm³/mol. The second kappa shape index (κ2) is 5.84. The third-order valence-corrected chi connectivity index (χ3v) is 3.81. The van der Waals surface area contributed by atoms with E-state index in [9.17, 15) is 9.18 Å². The SMILES string of the molecule is O=C1CNCc2ccccc2N1Cc1ccc(Cl)c(F)c1. The Morgan fingerprint density at radius 3 is 2.81 bits per heavy atom. The number of nitrogens with zero attached hydrogens (tertiary/aromatic N) is 1. The van der Waals surface area contributed by atoms with Gasteiger partial charge in [-0.15, -0.1) is 0 Å². The number of amides is 1.